The summed E-state index contributed by atoms with van der Waals surface area (Å²) in [4.78, 5) is 4.36. The second kappa shape index (κ2) is 15.2. The molecule has 0 atom stereocenters. The van der Waals surface area contributed by atoms with E-state index in [-0.39, 0.29) is 10.8 Å². The van der Waals surface area contributed by atoms with Crippen molar-refractivity contribution in [3.8, 4) is 22.3 Å². The molecular weight excluding hydrogens is 984 g/mol. The minimum Gasteiger partial charge on any atom is -0.361 e. The molecule has 2 nitrogen and oxygen atoms in total. The molecule has 8 aromatic carbocycles. The van der Waals surface area contributed by atoms with E-state index in [2.05, 4.69) is 235 Å². The van der Waals surface area contributed by atoms with E-state index in [1.807, 2.05) is 0 Å². The van der Waals surface area contributed by atoms with E-state index >= 15 is 0 Å². The number of benzene rings is 8. The number of hydrogen-bond acceptors (Lipinski definition) is 0. The van der Waals surface area contributed by atoms with Crippen LogP contribution in [0.5, 0.6) is 0 Å². The van der Waals surface area contributed by atoms with Crippen molar-refractivity contribution < 1.29 is 4.79 Å². The number of fused-ring (bicyclic) bond motifs is 4. The van der Waals surface area contributed by atoms with Gasteiger partial charge in [-0.1, -0.05) is 154 Å². The molecular formula is C53H46Br4N2. The van der Waals surface area contributed by atoms with E-state index in [0.717, 1.165) is 72.1 Å². The van der Waals surface area contributed by atoms with E-state index in [4.69, 9.17) is 0 Å². The van der Waals surface area contributed by atoms with Gasteiger partial charge in [0.1, 0.15) is 0 Å². The van der Waals surface area contributed by atoms with Gasteiger partial charge in [0.2, 0.25) is 0 Å². The highest BCUT2D eigenvalue weighted by Crippen LogP contribution is 2.48. The Hall–Kier alpha value is -3.90. The molecule has 0 N–H and O–H groups in total. The first-order valence-electron chi connectivity index (χ1n) is 19.9. The maximum Gasteiger partial charge on any atom is 0.332 e. The summed E-state index contributed by atoms with van der Waals surface area (Å²) in [6.45, 7) is 22.6. The van der Waals surface area contributed by atoms with Crippen LogP contribution in [0.3, 0.4) is 0 Å². The molecule has 0 fully saturated rings. The summed E-state index contributed by atoms with van der Waals surface area (Å²) in [5.74, 6) is 0. The predicted molar refractivity (Wildman–Crippen MR) is 268 cm³/mol. The van der Waals surface area contributed by atoms with Gasteiger partial charge >= 0.3 is 5.71 Å². The van der Waals surface area contributed by atoms with Crippen LogP contribution in [0.1, 0.15) is 86.1 Å². The van der Waals surface area contributed by atoms with Crippen molar-refractivity contribution in [2.24, 2.45) is 0 Å². The fraction of sp³-hybridized carbons (Fsp3) is 0.226. The van der Waals surface area contributed by atoms with Crippen LogP contribution in [0.4, 0.5) is 0 Å². The van der Waals surface area contributed by atoms with Crippen LogP contribution in [0.15, 0.2) is 115 Å². The topological polar surface area (TPSA) is 36.4 Å². The molecule has 0 bridgehead atoms. The summed E-state index contributed by atoms with van der Waals surface area (Å²) in [7, 11) is 0. The smallest absolute Gasteiger partial charge is 0.332 e. The fourth-order valence-electron chi connectivity index (χ4n) is 9.20. The number of nitrogens with zero attached hydrogens (tertiary/aromatic N) is 2. The van der Waals surface area contributed by atoms with Gasteiger partial charge in [0.25, 0.3) is 0 Å². The van der Waals surface area contributed by atoms with Crippen molar-refractivity contribution in [3.63, 3.8) is 0 Å². The molecule has 59 heavy (non-hydrogen) atoms. The quantitative estimate of drug-likeness (QED) is 0.0729. The molecule has 0 unspecified atom stereocenters. The molecule has 0 spiro atoms. The fourth-order valence-corrected chi connectivity index (χ4v) is 10.6. The Kier molecular flexibility index (Phi) is 10.8. The van der Waals surface area contributed by atoms with E-state index in [9.17, 15) is 5.53 Å². The SMILES string of the molecule is Cc1cc(C(C)(C)C)cc(C)c1-c1c2ccc(Br)cc2c(C(=[N+]=[N-])c2c3cc(Br)ccc3c(-c3c(C)cc(C(C)(C)C)cc3C)c3ccc(Br)cc23)c2cc(Br)ccc12. The lowest BCUT2D eigenvalue weighted by Gasteiger charge is -2.25. The molecule has 8 aromatic rings. The highest BCUT2D eigenvalue weighted by Gasteiger charge is 2.32. The largest absolute Gasteiger partial charge is 0.361 e. The standard InChI is InChI=1S/C53H46Br4N2/c1-27-19-31(52(5,6)7)20-28(2)45(27)47-37-15-11-33(54)23-41(37)49(42-24-34(55)12-16-38(42)47)51(59-58)50-43-25-35(56)13-17-39(43)48(40-18-14-36(57)26-44(40)50)46-29(3)21-32(22-30(46)4)53(8,9)10/h11-26H,1-10H3. The summed E-state index contributed by atoms with van der Waals surface area (Å²) in [5, 5.41) is 8.33. The number of aryl methyl sites for hydroxylation is 4. The summed E-state index contributed by atoms with van der Waals surface area (Å²) in [6, 6.07) is 35.5. The van der Waals surface area contributed by atoms with Crippen LogP contribution >= 0.6 is 63.7 Å². The summed E-state index contributed by atoms with van der Waals surface area (Å²) < 4.78 is 3.78. The van der Waals surface area contributed by atoms with Crippen molar-refractivity contribution in [2.75, 3.05) is 0 Å². The Labute approximate surface area is 381 Å². The monoisotopic (exact) mass is 1030 g/mol. The molecule has 0 radical (unpaired) electrons. The first kappa shape index (κ1) is 41.8. The van der Waals surface area contributed by atoms with Crippen LogP contribution in [0.25, 0.3) is 70.9 Å². The summed E-state index contributed by atoms with van der Waals surface area (Å²) in [5.41, 5.74) is 26.3. The second-order valence-electron chi connectivity index (χ2n) is 18.2. The van der Waals surface area contributed by atoms with Gasteiger partial charge < -0.3 is 5.53 Å². The van der Waals surface area contributed by atoms with Gasteiger partial charge in [0.15, 0.2) is 0 Å². The third kappa shape index (κ3) is 7.27. The van der Waals surface area contributed by atoms with Gasteiger partial charge in [-0.25, -0.2) is 0 Å². The van der Waals surface area contributed by atoms with Crippen molar-refractivity contribution in [1.82, 2.24) is 0 Å². The van der Waals surface area contributed by atoms with Crippen LogP contribution < -0.4 is 0 Å². The summed E-state index contributed by atoms with van der Waals surface area (Å²) >= 11 is 15.4. The first-order chi connectivity index (χ1) is 27.8. The van der Waals surface area contributed by atoms with E-state index < -0.39 is 0 Å². The zero-order chi connectivity index (χ0) is 42.5. The summed E-state index contributed by atoms with van der Waals surface area (Å²) in [6.07, 6.45) is 0. The van der Waals surface area contributed by atoms with E-state index in [1.54, 1.807) is 0 Å². The minimum atomic E-state index is 0.0165. The Morgan fingerprint density at radius 3 is 0.864 bits per heavy atom. The zero-order valence-electron chi connectivity index (χ0n) is 35.1. The number of rotatable bonds is 4. The van der Waals surface area contributed by atoms with Crippen LogP contribution in [-0.4, -0.2) is 10.5 Å². The molecule has 0 heterocycles. The molecule has 0 saturated heterocycles. The zero-order valence-corrected chi connectivity index (χ0v) is 41.5. The molecule has 0 aromatic heterocycles. The van der Waals surface area contributed by atoms with Crippen LogP contribution in [0, 0.1) is 27.7 Å². The van der Waals surface area contributed by atoms with E-state index in [1.165, 1.54) is 55.6 Å². The van der Waals surface area contributed by atoms with Gasteiger partial charge in [0, 0.05) is 17.9 Å². The molecule has 8 rings (SSSR count). The highest BCUT2D eigenvalue weighted by molar-refractivity contribution is 9.11. The molecule has 0 aliphatic carbocycles. The molecule has 0 saturated carbocycles. The van der Waals surface area contributed by atoms with Crippen molar-refractivity contribution in [3.05, 3.63) is 165 Å². The van der Waals surface area contributed by atoms with Gasteiger partial charge in [-0.15, -0.1) is 0 Å². The normalized spacial score (nSPS) is 12.2. The third-order valence-corrected chi connectivity index (χ3v) is 13.9. The van der Waals surface area contributed by atoms with Gasteiger partial charge in [-0.05, 0) is 186 Å². The van der Waals surface area contributed by atoms with Crippen LogP contribution in [0.2, 0.25) is 0 Å². The Balaban J connectivity index is 1.55. The minimum absolute atomic E-state index is 0.0165. The lowest BCUT2D eigenvalue weighted by atomic mass is 9.78. The maximum atomic E-state index is 11.7. The predicted octanol–water partition coefficient (Wildman–Crippen LogP) is 17.6. The average Bonchev–Trinajstić information content (AvgIpc) is 3.14. The molecule has 0 amide bonds. The van der Waals surface area contributed by atoms with Crippen molar-refractivity contribution in [1.29, 1.82) is 0 Å². The lowest BCUT2D eigenvalue weighted by molar-refractivity contribution is -0.00233. The van der Waals surface area contributed by atoms with E-state index in [0.29, 0.717) is 5.71 Å². The van der Waals surface area contributed by atoms with Crippen molar-refractivity contribution >= 4 is 113 Å². The number of halogens is 4. The Bertz CT molecular complexity index is 2780. The lowest BCUT2D eigenvalue weighted by Crippen LogP contribution is -2.13. The number of hydrogen-bond donors (Lipinski definition) is 0. The molecule has 6 heteroatoms. The average molecular weight is 1030 g/mol. The molecule has 0 aliphatic rings. The highest BCUT2D eigenvalue weighted by atomic mass is 79.9. The van der Waals surface area contributed by atoms with Crippen molar-refractivity contribution in [2.45, 2.75) is 80.1 Å². The first-order valence-corrected chi connectivity index (χ1v) is 23.1. The molecule has 296 valence electrons. The third-order valence-electron chi connectivity index (χ3n) is 12.0. The maximum absolute atomic E-state index is 11.7. The van der Waals surface area contributed by atoms with Gasteiger partial charge in [0.05, 0.1) is 11.1 Å². The van der Waals surface area contributed by atoms with Gasteiger partial charge in [-0.3, -0.25) is 0 Å². The van der Waals surface area contributed by atoms with Crippen LogP contribution in [-0.2, 0) is 10.8 Å². The Morgan fingerprint density at radius 2 is 0.644 bits per heavy atom. The Morgan fingerprint density at radius 1 is 0.390 bits per heavy atom. The van der Waals surface area contributed by atoms with Gasteiger partial charge in [-0.2, -0.15) is 4.79 Å². The molecule has 0 aliphatic heterocycles. The second-order valence-corrected chi connectivity index (χ2v) is 21.8.